The van der Waals surface area contributed by atoms with Crippen molar-refractivity contribution in [2.75, 3.05) is 5.32 Å². The quantitative estimate of drug-likeness (QED) is 0.863. The summed E-state index contributed by atoms with van der Waals surface area (Å²) in [7, 11) is 0. The molecule has 0 bridgehead atoms. The maximum absolute atomic E-state index is 11.9. The summed E-state index contributed by atoms with van der Waals surface area (Å²) in [5, 5.41) is 10.4. The number of carbonyl (C=O) groups excluding carboxylic acids is 1. The molecule has 2 rings (SSSR count). The number of hydrogen-bond acceptors (Lipinski definition) is 4. The van der Waals surface area contributed by atoms with Crippen LogP contribution in [0.5, 0.6) is 0 Å². The average Bonchev–Trinajstić information content (AvgIpc) is 2.86. The Morgan fingerprint density at radius 1 is 1.32 bits per heavy atom. The van der Waals surface area contributed by atoms with Crippen LogP contribution in [0.3, 0.4) is 0 Å². The predicted octanol–water partition coefficient (Wildman–Crippen LogP) is 1.19. The molecular formula is C13H17N5O. The van der Waals surface area contributed by atoms with Crippen LogP contribution in [0.25, 0.3) is 5.69 Å². The zero-order chi connectivity index (χ0) is 13.8. The number of nitrogens with two attached hydrogens (primary N) is 1. The van der Waals surface area contributed by atoms with Gasteiger partial charge in [0.05, 0.1) is 11.7 Å². The molecule has 1 heterocycles. The second kappa shape index (κ2) is 5.62. The minimum atomic E-state index is -0.569. The summed E-state index contributed by atoms with van der Waals surface area (Å²) in [5.74, 6) is 0.167. The largest absolute Gasteiger partial charge is 0.320 e. The highest BCUT2D eigenvalue weighted by molar-refractivity contribution is 5.93. The van der Waals surface area contributed by atoms with Crippen LogP contribution in [0.1, 0.15) is 13.8 Å². The molecule has 19 heavy (non-hydrogen) atoms. The molecule has 0 aliphatic rings. The summed E-state index contributed by atoms with van der Waals surface area (Å²) in [6.07, 6.45) is 1.55. The summed E-state index contributed by atoms with van der Waals surface area (Å²) in [6, 6.07) is 8.96. The lowest BCUT2D eigenvalue weighted by atomic mass is 10.1. The number of nitrogens with zero attached hydrogens (tertiary/aromatic N) is 3. The minimum absolute atomic E-state index is 0.0631. The van der Waals surface area contributed by atoms with Crippen LogP contribution in [-0.2, 0) is 4.79 Å². The summed E-state index contributed by atoms with van der Waals surface area (Å²) < 4.78 is 1.70. The highest BCUT2D eigenvalue weighted by Crippen LogP contribution is 2.13. The topological polar surface area (TPSA) is 85.8 Å². The van der Waals surface area contributed by atoms with Gasteiger partial charge in [-0.15, -0.1) is 10.2 Å². The number of hydrogen-bond donors (Lipinski definition) is 2. The molecule has 6 heteroatoms. The van der Waals surface area contributed by atoms with E-state index in [4.69, 9.17) is 5.73 Å². The molecule has 0 saturated carbocycles. The van der Waals surface area contributed by atoms with Crippen molar-refractivity contribution >= 4 is 11.9 Å². The number of anilines is 1. The molecule has 100 valence electrons. The zero-order valence-electron chi connectivity index (χ0n) is 10.9. The molecule has 0 spiro atoms. The maximum atomic E-state index is 11.9. The van der Waals surface area contributed by atoms with Gasteiger partial charge >= 0.3 is 0 Å². The van der Waals surface area contributed by atoms with E-state index in [1.165, 1.54) is 0 Å². The van der Waals surface area contributed by atoms with Gasteiger partial charge in [0.2, 0.25) is 11.9 Å². The van der Waals surface area contributed by atoms with Crippen molar-refractivity contribution < 1.29 is 4.79 Å². The van der Waals surface area contributed by atoms with Gasteiger partial charge in [0.25, 0.3) is 0 Å². The zero-order valence-corrected chi connectivity index (χ0v) is 10.9. The number of benzene rings is 1. The molecule has 0 saturated heterocycles. The highest BCUT2D eigenvalue weighted by atomic mass is 16.2. The van der Waals surface area contributed by atoms with Crippen molar-refractivity contribution in [1.82, 2.24) is 14.8 Å². The van der Waals surface area contributed by atoms with E-state index < -0.39 is 6.04 Å². The van der Waals surface area contributed by atoms with Gasteiger partial charge in [-0.25, -0.2) is 0 Å². The van der Waals surface area contributed by atoms with E-state index in [9.17, 15) is 4.79 Å². The summed E-state index contributed by atoms with van der Waals surface area (Å²) in [6.45, 7) is 3.79. The fraction of sp³-hybridized carbons (Fsp3) is 0.308. The highest BCUT2D eigenvalue weighted by Gasteiger charge is 2.19. The summed E-state index contributed by atoms with van der Waals surface area (Å²) >= 11 is 0. The number of nitrogens with one attached hydrogen (secondary N) is 1. The Balaban J connectivity index is 2.20. The standard InChI is InChI=1S/C13H17N5O/c1-9(2)11(14)12(19)16-13-17-15-8-18(13)10-6-4-3-5-7-10/h3-9,11H,14H2,1-2H3,(H,16,17,19)/t11-/m0/s1. The molecule has 0 unspecified atom stereocenters. The molecule has 6 nitrogen and oxygen atoms in total. The Labute approximate surface area is 111 Å². The number of carbonyl (C=O) groups is 1. The first-order valence-electron chi connectivity index (χ1n) is 6.11. The van der Waals surface area contributed by atoms with Crippen LogP contribution in [0.4, 0.5) is 5.95 Å². The third-order valence-electron chi connectivity index (χ3n) is 2.84. The van der Waals surface area contributed by atoms with Crippen LogP contribution in [0.15, 0.2) is 36.7 Å². The normalized spacial score (nSPS) is 12.4. The molecule has 0 aliphatic heterocycles. The second-order valence-electron chi connectivity index (χ2n) is 4.62. The van der Waals surface area contributed by atoms with E-state index in [-0.39, 0.29) is 11.8 Å². The van der Waals surface area contributed by atoms with Crippen LogP contribution >= 0.6 is 0 Å². The molecule has 0 fully saturated rings. The molecule has 1 atom stereocenters. The summed E-state index contributed by atoms with van der Waals surface area (Å²) in [4.78, 5) is 11.9. The molecule has 0 radical (unpaired) electrons. The minimum Gasteiger partial charge on any atom is -0.320 e. The number of para-hydroxylation sites is 1. The lowest BCUT2D eigenvalue weighted by molar-refractivity contribution is -0.118. The van der Waals surface area contributed by atoms with Crippen LogP contribution in [-0.4, -0.2) is 26.7 Å². The van der Waals surface area contributed by atoms with Crippen LogP contribution in [0.2, 0.25) is 0 Å². The Bertz CT molecular complexity index is 549. The molecule has 3 N–H and O–H groups in total. The van der Waals surface area contributed by atoms with Crippen molar-refractivity contribution in [3.8, 4) is 5.69 Å². The first-order chi connectivity index (χ1) is 9.09. The first kappa shape index (κ1) is 13.2. The van der Waals surface area contributed by atoms with Crippen molar-refractivity contribution in [2.45, 2.75) is 19.9 Å². The third-order valence-corrected chi connectivity index (χ3v) is 2.84. The monoisotopic (exact) mass is 259 g/mol. The predicted molar refractivity (Wildman–Crippen MR) is 72.8 cm³/mol. The Morgan fingerprint density at radius 3 is 2.63 bits per heavy atom. The van der Waals surface area contributed by atoms with Crippen molar-refractivity contribution in [2.24, 2.45) is 11.7 Å². The van der Waals surface area contributed by atoms with Gasteiger partial charge in [-0.3, -0.25) is 14.7 Å². The van der Waals surface area contributed by atoms with Gasteiger partial charge < -0.3 is 5.73 Å². The van der Waals surface area contributed by atoms with Crippen LogP contribution < -0.4 is 11.1 Å². The molecule has 1 aromatic carbocycles. The second-order valence-corrected chi connectivity index (χ2v) is 4.62. The molecule has 0 aliphatic carbocycles. The van der Waals surface area contributed by atoms with Gasteiger partial charge in [-0.2, -0.15) is 0 Å². The van der Waals surface area contributed by atoms with Gasteiger partial charge in [-0.05, 0) is 18.1 Å². The smallest absolute Gasteiger partial charge is 0.243 e. The number of rotatable bonds is 4. The van der Waals surface area contributed by atoms with E-state index in [0.29, 0.717) is 5.95 Å². The number of aromatic nitrogens is 3. The molecule has 1 amide bonds. The number of amides is 1. The van der Waals surface area contributed by atoms with Crippen molar-refractivity contribution in [1.29, 1.82) is 0 Å². The van der Waals surface area contributed by atoms with Gasteiger partial charge in [-0.1, -0.05) is 32.0 Å². The van der Waals surface area contributed by atoms with Crippen molar-refractivity contribution in [3.63, 3.8) is 0 Å². The fourth-order valence-electron chi connectivity index (χ4n) is 1.59. The third kappa shape index (κ3) is 2.97. The SMILES string of the molecule is CC(C)[C@H](N)C(=O)Nc1nncn1-c1ccccc1. The molecule has 1 aromatic heterocycles. The molecule has 2 aromatic rings. The van der Waals surface area contributed by atoms with Gasteiger partial charge in [0.15, 0.2) is 0 Å². The van der Waals surface area contributed by atoms with E-state index >= 15 is 0 Å². The Morgan fingerprint density at radius 2 is 2.00 bits per heavy atom. The van der Waals surface area contributed by atoms with E-state index in [2.05, 4.69) is 15.5 Å². The Hall–Kier alpha value is -2.21. The van der Waals surface area contributed by atoms with Crippen molar-refractivity contribution in [3.05, 3.63) is 36.7 Å². The first-order valence-corrected chi connectivity index (χ1v) is 6.11. The maximum Gasteiger partial charge on any atom is 0.243 e. The van der Waals surface area contributed by atoms with E-state index in [1.807, 2.05) is 44.2 Å². The average molecular weight is 259 g/mol. The lowest BCUT2D eigenvalue weighted by Gasteiger charge is -2.15. The van der Waals surface area contributed by atoms with Gasteiger partial charge in [0.1, 0.15) is 6.33 Å². The molecular weight excluding hydrogens is 242 g/mol. The van der Waals surface area contributed by atoms with Crippen LogP contribution in [0, 0.1) is 5.92 Å². The van der Waals surface area contributed by atoms with E-state index in [1.54, 1.807) is 10.9 Å². The fourth-order valence-corrected chi connectivity index (χ4v) is 1.59. The summed E-state index contributed by atoms with van der Waals surface area (Å²) in [5.41, 5.74) is 6.67. The van der Waals surface area contributed by atoms with E-state index in [0.717, 1.165) is 5.69 Å². The van der Waals surface area contributed by atoms with Gasteiger partial charge in [0, 0.05) is 0 Å². The Kier molecular flexibility index (Phi) is 3.91. The lowest BCUT2D eigenvalue weighted by Crippen LogP contribution is -2.40.